The zero-order valence-electron chi connectivity index (χ0n) is 23.9. The first-order valence-corrected chi connectivity index (χ1v) is 16.2. The van der Waals surface area contributed by atoms with Crippen LogP contribution in [0.4, 0.5) is 10.5 Å². The molecular weight excluding hydrogens is 554 g/mol. The van der Waals surface area contributed by atoms with Gasteiger partial charge in [-0.05, 0) is 84.7 Å². The second-order valence-electron chi connectivity index (χ2n) is 11.5. The Hall–Kier alpha value is -3.86. The van der Waals surface area contributed by atoms with E-state index in [0.29, 0.717) is 25.1 Å². The molecule has 0 saturated carbocycles. The number of hydrogen-bond acceptors (Lipinski definition) is 6. The van der Waals surface area contributed by atoms with Crippen LogP contribution in [0.1, 0.15) is 59.1 Å². The largest absolute Gasteiger partial charge is 0.445 e. The predicted molar refractivity (Wildman–Crippen MR) is 158 cm³/mol. The van der Waals surface area contributed by atoms with Crippen molar-refractivity contribution in [2.24, 2.45) is 7.05 Å². The van der Waals surface area contributed by atoms with E-state index in [1.807, 2.05) is 30.3 Å². The minimum absolute atomic E-state index is 0.0359. The number of ether oxygens (including phenoxy) is 1. The lowest BCUT2D eigenvalue weighted by molar-refractivity contribution is -0.118. The van der Waals surface area contributed by atoms with E-state index in [2.05, 4.69) is 15.9 Å². The van der Waals surface area contributed by atoms with Crippen molar-refractivity contribution in [2.75, 3.05) is 17.4 Å². The van der Waals surface area contributed by atoms with Gasteiger partial charge in [0.15, 0.2) is 0 Å². The molecule has 1 unspecified atom stereocenters. The second kappa shape index (κ2) is 11.8. The molecule has 1 aliphatic heterocycles. The molecule has 10 nitrogen and oxygen atoms in total. The Balaban J connectivity index is 1.20. The SMILES string of the molecule is Cn1cc(N(C2CCCN(C(=O)OCc3ccccc3)C2)S(=O)(=O)NC(=O)Cc2c3c(cc4c2CCC4)CCC3)cn1. The molecule has 1 N–H and O–H groups in total. The summed E-state index contributed by atoms with van der Waals surface area (Å²) < 4.78 is 38.5. The van der Waals surface area contributed by atoms with E-state index in [1.165, 1.54) is 42.3 Å². The standard InChI is InChI=1S/C31H37N5O5S/c1-34-19-26(18-32-34)36(25-12-7-15-35(20-25)31(38)41-21-22-8-3-2-4-9-22)42(39,40)33-30(37)17-29-27-13-5-10-23(27)16-24-11-6-14-28(24)29/h2-4,8-9,16,18-19,25H,5-7,10-15,17,20-21H2,1H3,(H,33,37). The smallest absolute Gasteiger partial charge is 0.410 e. The van der Waals surface area contributed by atoms with Gasteiger partial charge < -0.3 is 9.64 Å². The highest BCUT2D eigenvalue weighted by Gasteiger charge is 2.37. The number of amides is 2. The van der Waals surface area contributed by atoms with E-state index in [0.717, 1.165) is 49.7 Å². The lowest BCUT2D eigenvalue weighted by atomic mass is 9.92. The molecule has 2 aromatic carbocycles. The number of fused-ring (bicyclic) bond motifs is 2. The monoisotopic (exact) mass is 591 g/mol. The van der Waals surface area contributed by atoms with E-state index in [9.17, 15) is 18.0 Å². The van der Waals surface area contributed by atoms with Gasteiger partial charge in [-0.3, -0.25) is 9.48 Å². The Bertz CT molecular complexity index is 1550. The van der Waals surface area contributed by atoms with Crippen LogP contribution in [0.25, 0.3) is 0 Å². The number of anilines is 1. The highest BCUT2D eigenvalue weighted by atomic mass is 32.2. The molecule has 2 heterocycles. The number of aryl methyl sites for hydroxylation is 3. The summed E-state index contributed by atoms with van der Waals surface area (Å²) >= 11 is 0. The molecule has 3 aromatic rings. The van der Waals surface area contributed by atoms with E-state index >= 15 is 0 Å². The van der Waals surface area contributed by atoms with Gasteiger partial charge in [-0.1, -0.05) is 36.4 Å². The van der Waals surface area contributed by atoms with E-state index in [-0.39, 0.29) is 19.6 Å². The normalized spacial score (nSPS) is 17.9. The van der Waals surface area contributed by atoms with Gasteiger partial charge in [-0.15, -0.1) is 0 Å². The average Bonchev–Trinajstić information content (AvgIpc) is 3.73. The molecule has 1 saturated heterocycles. The van der Waals surface area contributed by atoms with Crippen LogP contribution in [0, 0.1) is 0 Å². The van der Waals surface area contributed by atoms with Gasteiger partial charge in [0.05, 0.1) is 24.3 Å². The number of likely N-dealkylation sites (tertiary alicyclic amines) is 1. The zero-order chi connectivity index (χ0) is 29.3. The summed E-state index contributed by atoms with van der Waals surface area (Å²) in [7, 11) is -2.61. The molecule has 2 amide bonds. The third kappa shape index (κ3) is 5.88. The van der Waals surface area contributed by atoms with Crippen LogP contribution in [0.3, 0.4) is 0 Å². The number of aromatic nitrogens is 2. The molecule has 0 spiro atoms. The second-order valence-corrected chi connectivity index (χ2v) is 13.0. The Morgan fingerprint density at radius 2 is 1.76 bits per heavy atom. The summed E-state index contributed by atoms with van der Waals surface area (Å²) in [5.74, 6) is -0.548. The lowest BCUT2D eigenvalue weighted by Gasteiger charge is -2.38. The summed E-state index contributed by atoms with van der Waals surface area (Å²) in [6, 6.07) is 11.1. The van der Waals surface area contributed by atoms with Crippen LogP contribution in [0.5, 0.6) is 0 Å². The van der Waals surface area contributed by atoms with Gasteiger partial charge in [-0.25, -0.2) is 13.8 Å². The number of benzene rings is 2. The van der Waals surface area contributed by atoms with Gasteiger partial charge in [0.2, 0.25) is 5.91 Å². The van der Waals surface area contributed by atoms with Crippen molar-refractivity contribution in [3.63, 3.8) is 0 Å². The Labute approximate surface area is 246 Å². The highest BCUT2D eigenvalue weighted by molar-refractivity contribution is 7.91. The van der Waals surface area contributed by atoms with Crippen molar-refractivity contribution in [3.8, 4) is 0 Å². The predicted octanol–water partition coefficient (Wildman–Crippen LogP) is 3.61. The van der Waals surface area contributed by atoms with E-state index in [1.54, 1.807) is 13.2 Å². The maximum atomic E-state index is 13.9. The fourth-order valence-corrected chi connectivity index (χ4v) is 8.12. The number of rotatable bonds is 8. The maximum absolute atomic E-state index is 13.9. The fourth-order valence-electron chi connectivity index (χ4n) is 6.73. The molecule has 0 bridgehead atoms. The molecule has 1 atom stereocenters. The van der Waals surface area contributed by atoms with Gasteiger partial charge in [-0.2, -0.15) is 13.5 Å². The molecule has 42 heavy (non-hydrogen) atoms. The number of piperidine rings is 1. The number of carbonyl (C=O) groups excluding carboxylic acids is 2. The van der Waals surface area contributed by atoms with Crippen molar-refractivity contribution in [3.05, 3.63) is 82.2 Å². The van der Waals surface area contributed by atoms with Gasteiger partial charge >= 0.3 is 16.3 Å². The quantitative estimate of drug-likeness (QED) is 0.428. The Morgan fingerprint density at radius 3 is 2.43 bits per heavy atom. The molecule has 6 rings (SSSR count). The third-order valence-corrected chi connectivity index (χ3v) is 10.1. The maximum Gasteiger partial charge on any atom is 0.410 e. The number of nitrogens with one attached hydrogen (secondary N) is 1. The summed E-state index contributed by atoms with van der Waals surface area (Å²) in [5.41, 5.74) is 7.29. The first-order chi connectivity index (χ1) is 20.3. The van der Waals surface area contributed by atoms with E-state index in [4.69, 9.17) is 4.74 Å². The van der Waals surface area contributed by atoms with Gasteiger partial charge in [0.1, 0.15) is 6.61 Å². The van der Waals surface area contributed by atoms with Crippen molar-refractivity contribution in [2.45, 2.75) is 70.4 Å². The molecule has 1 aromatic heterocycles. The molecule has 0 radical (unpaired) electrons. The van der Waals surface area contributed by atoms with Crippen LogP contribution in [0.2, 0.25) is 0 Å². The average molecular weight is 592 g/mol. The van der Waals surface area contributed by atoms with Gasteiger partial charge in [0.25, 0.3) is 0 Å². The van der Waals surface area contributed by atoms with E-state index < -0.39 is 28.3 Å². The first kappa shape index (κ1) is 28.3. The van der Waals surface area contributed by atoms with Crippen molar-refractivity contribution < 1.29 is 22.7 Å². The molecule has 2 aliphatic carbocycles. The molecule has 3 aliphatic rings. The van der Waals surface area contributed by atoms with Crippen molar-refractivity contribution in [1.82, 2.24) is 19.4 Å². The van der Waals surface area contributed by atoms with Crippen molar-refractivity contribution >= 4 is 27.9 Å². The zero-order valence-corrected chi connectivity index (χ0v) is 24.7. The summed E-state index contributed by atoms with van der Waals surface area (Å²) in [6.07, 6.45) is 9.72. The summed E-state index contributed by atoms with van der Waals surface area (Å²) in [4.78, 5) is 27.9. The fraction of sp³-hybridized carbons (Fsp3) is 0.452. The van der Waals surface area contributed by atoms with Crippen LogP contribution >= 0.6 is 0 Å². The Morgan fingerprint density at radius 1 is 1.05 bits per heavy atom. The van der Waals surface area contributed by atoms with Crippen LogP contribution in [0.15, 0.2) is 48.8 Å². The molecule has 11 heteroatoms. The lowest BCUT2D eigenvalue weighted by Crippen LogP contribution is -2.55. The van der Waals surface area contributed by atoms with Gasteiger partial charge in [0, 0.05) is 26.3 Å². The molecular formula is C31H37N5O5S. The first-order valence-electron chi connectivity index (χ1n) is 14.7. The topological polar surface area (TPSA) is 114 Å². The Kier molecular flexibility index (Phi) is 7.94. The summed E-state index contributed by atoms with van der Waals surface area (Å²) in [6.45, 7) is 0.730. The molecule has 222 valence electrons. The number of hydrogen-bond donors (Lipinski definition) is 1. The third-order valence-electron chi connectivity index (χ3n) is 8.57. The minimum atomic E-state index is -4.31. The molecule has 1 fully saturated rings. The number of carbonyl (C=O) groups is 2. The van der Waals surface area contributed by atoms with Crippen molar-refractivity contribution in [1.29, 1.82) is 0 Å². The van der Waals surface area contributed by atoms with Crippen LogP contribution < -0.4 is 9.03 Å². The highest BCUT2D eigenvalue weighted by Crippen LogP contribution is 2.35. The van der Waals surface area contributed by atoms with Crippen LogP contribution in [-0.4, -0.2) is 54.2 Å². The minimum Gasteiger partial charge on any atom is -0.445 e. The number of nitrogens with zero attached hydrogens (tertiary/aromatic N) is 4. The van der Waals surface area contributed by atoms with Crippen LogP contribution in [-0.2, 0) is 65.5 Å². The summed E-state index contributed by atoms with van der Waals surface area (Å²) in [5, 5.41) is 4.18.